The Labute approximate surface area is 112 Å². The van der Waals surface area contributed by atoms with Crippen LogP contribution in [0, 0.1) is 11.3 Å². The number of nitriles is 1. The number of nitrogens with one attached hydrogen (secondary N) is 1. The van der Waals surface area contributed by atoms with Gasteiger partial charge in [-0.25, -0.2) is 0 Å². The fraction of sp³-hybridized carbons (Fsp3) is 0. The summed E-state index contributed by atoms with van der Waals surface area (Å²) in [4.78, 5) is 15.8. The second-order valence-corrected chi connectivity index (χ2v) is 4.41. The number of carbonyl (C=O) groups excluding carboxylic acids is 1. The number of nitrogens with zero attached hydrogens (tertiary/aromatic N) is 2. The largest absolute Gasteiger partial charge is 0.322 e. The summed E-state index contributed by atoms with van der Waals surface area (Å²) < 4.78 is 0.868. The van der Waals surface area contributed by atoms with E-state index in [0.717, 1.165) is 4.47 Å². The smallest absolute Gasteiger partial charge is 0.258 e. The van der Waals surface area contributed by atoms with E-state index in [1.165, 1.54) is 18.5 Å². The van der Waals surface area contributed by atoms with Crippen molar-refractivity contribution < 1.29 is 4.79 Å². The van der Waals surface area contributed by atoms with E-state index >= 15 is 0 Å². The van der Waals surface area contributed by atoms with Crippen molar-refractivity contribution in [2.45, 2.75) is 0 Å². The molecular formula is C13H8BrN3O. The lowest BCUT2D eigenvalue weighted by molar-refractivity contribution is 0.102. The third kappa shape index (κ3) is 2.73. The molecule has 0 fully saturated rings. The quantitative estimate of drug-likeness (QED) is 0.927. The third-order valence-electron chi connectivity index (χ3n) is 2.27. The van der Waals surface area contributed by atoms with E-state index in [2.05, 4.69) is 26.2 Å². The van der Waals surface area contributed by atoms with Crippen LogP contribution in [0.4, 0.5) is 5.69 Å². The Bertz CT molecular complexity index is 634. The summed E-state index contributed by atoms with van der Waals surface area (Å²) in [7, 11) is 0. The molecule has 2 rings (SSSR count). The van der Waals surface area contributed by atoms with E-state index in [-0.39, 0.29) is 11.5 Å². The Morgan fingerprint density at radius 3 is 2.94 bits per heavy atom. The van der Waals surface area contributed by atoms with Crippen molar-refractivity contribution in [3.8, 4) is 6.07 Å². The first-order valence-corrected chi connectivity index (χ1v) is 5.91. The lowest BCUT2D eigenvalue weighted by Gasteiger charge is -2.06. The summed E-state index contributed by atoms with van der Waals surface area (Å²) in [5, 5.41) is 11.6. The van der Waals surface area contributed by atoms with Gasteiger partial charge in [-0.2, -0.15) is 5.26 Å². The number of pyridine rings is 1. The highest BCUT2D eigenvalue weighted by atomic mass is 79.9. The topological polar surface area (TPSA) is 65.8 Å². The first-order valence-electron chi connectivity index (χ1n) is 5.12. The maximum Gasteiger partial charge on any atom is 0.258 e. The first kappa shape index (κ1) is 12.3. The second kappa shape index (κ2) is 5.43. The number of rotatable bonds is 2. The Morgan fingerprint density at radius 2 is 2.22 bits per heavy atom. The van der Waals surface area contributed by atoms with Crippen LogP contribution < -0.4 is 5.32 Å². The van der Waals surface area contributed by atoms with Crippen LogP contribution in [0.5, 0.6) is 0 Å². The predicted octanol–water partition coefficient (Wildman–Crippen LogP) is 2.97. The van der Waals surface area contributed by atoms with Crippen LogP contribution in [-0.2, 0) is 0 Å². The molecule has 2 aromatic rings. The van der Waals surface area contributed by atoms with Crippen molar-refractivity contribution >= 4 is 27.5 Å². The minimum atomic E-state index is -0.349. The van der Waals surface area contributed by atoms with E-state index in [1.54, 1.807) is 12.1 Å². The molecule has 1 aromatic carbocycles. The molecule has 0 aliphatic carbocycles. The molecule has 0 bridgehead atoms. The summed E-state index contributed by atoms with van der Waals surface area (Å²) in [5.74, 6) is -0.349. The molecule has 0 radical (unpaired) electrons. The lowest BCUT2D eigenvalue weighted by atomic mass is 10.1. The number of hydrogen-bond donors (Lipinski definition) is 1. The SMILES string of the molecule is N#Cc1ccncc1C(=O)Nc1cccc(Br)c1. The number of hydrogen-bond acceptors (Lipinski definition) is 3. The van der Waals surface area contributed by atoms with Crippen molar-refractivity contribution in [1.29, 1.82) is 5.26 Å². The molecule has 0 saturated heterocycles. The fourth-order valence-electron chi connectivity index (χ4n) is 1.44. The highest BCUT2D eigenvalue weighted by Crippen LogP contribution is 2.17. The molecule has 18 heavy (non-hydrogen) atoms. The molecule has 0 saturated carbocycles. The van der Waals surface area contributed by atoms with E-state index in [0.29, 0.717) is 11.3 Å². The van der Waals surface area contributed by atoms with Crippen molar-refractivity contribution in [3.05, 3.63) is 58.3 Å². The van der Waals surface area contributed by atoms with Gasteiger partial charge in [0, 0.05) is 22.6 Å². The van der Waals surface area contributed by atoms with Crippen LogP contribution in [0.25, 0.3) is 0 Å². The maximum atomic E-state index is 12.0. The number of amides is 1. The zero-order valence-corrected chi connectivity index (χ0v) is 10.8. The summed E-state index contributed by atoms with van der Waals surface area (Å²) in [5.41, 5.74) is 1.22. The van der Waals surface area contributed by atoms with Gasteiger partial charge in [0.2, 0.25) is 0 Å². The van der Waals surface area contributed by atoms with Crippen LogP contribution >= 0.6 is 15.9 Å². The Hall–Kier alpha value is -2.19. The molecule has 1 heterocycles. The van der Waals surface area contributed by atoms with Gasteiger partial charge in [-0.05, 0) is 24.3 Å². The molecule has 1 amide bonds. The van der Waals surface area contributed by atoms with Gasteiger partial charge in [0.1, 0.15) is 6.07 Å². The molecule has 0 aliphatic rings. The molecule has 0 unspecified atom stereocenters. The molecule has 88 valence electrons. The highest BCUT2D eigenvalue weighted by Gasteiger charge is 2.11. The molecular weight excluding hydrogens is 294 g/mol. The van der Waals surface area contributed by atoms with Gasteiger partial charge in [-0.3, -0.25) is 9.78 Å². The van der Waals surface area contributed by atoms with Crippen LogP contribution in [0.3, 0.4) is 0 Å². The van der Waals surface area contributed by atoms with E-state index < -0.39 is 0 Å². The first-order chi connectivity index (χ1) is 8.70. The molecule has 0 atom stereocenters. The predicted molar refractivity (Wildman–Crippen MR) is 71.0 cm³/mol. The van der Waals surface area contributed by atoms with Crippen molar-refractivity contribution in [2.24, 2.45) is 0 Å². The maximum absolute atomic E-state index is 12.0. The number of benzene rings is 1. The van der Waals surface area contributed by atoms with Crippen LogP contribution in [-0.4, -0.2) is 10.9 Å². The zero-order valence-electron chi connectivity index (χ0n) is 9.22. The van der Waals surface area contributed by atoms with Crippen LogP contribution in [0.2, 0.25) is 0 Å². The molecule has 4 nitrogen and oxygen atoms in total. The molecule has 1 aromatic heterocycles. The summed E-state index contributed by atoms with van der Waals surface area (Å²) in [6.45, 7) is 0. The number of carbonyl (C=O) groups is 1. The van der Waals surface area contributed by atoms with Crippen LogP contribution in [0.15, 0.2) is 47.2 Å². The number of halogens is 1. The lowest BCUT2D eigenvalue weighted by Crippen LogP contribution is -2.13. The Kier molecular flexibility index (Phi) is 3.70. The van der Waals surface area contributed by atoms with Crippen LogP contribution in [0.1, 0.15) is 15.9 Å². The molecule has 0 spiro atoms. The summed E-state index contributed by atoms with van der Waals surface area (Å²) >= 11 is 3.32. The zero-order chi connectivity index (χ0) is 13.0. The van der Waals surface area contributed by atoms with Gasteiger partial charge in [-0.15, -0.1) is 0 Å². The second-order valence-electron chi connectivity index (χ2n) is 3.50. The Balaban J connectivity index is 2.25. The van der Waals surface area contributed by atoms with E-state index in [9.17, 15) is 4.79 Å². The third-order valence-corrected chi connectivity index (χ3v) is 2.76. The monoisotopic (exact) mass is 301 g/mol. The Morgan fingerprint density at radius 1 is 1.39 bits per heavy atom. The standard InChI is InChI=1S/C13H8BrN3O/c14-10-2-1-3-11(6-10)17-13(18)12-8-16-5-4-9(12)7-15/h1-6,8H,(H,17,18). The molecule has 5 heteroatoms. The fourth-order valence-corrected chi connectivity index (χ4v) is 1.84. The van der Waals surface area contributed by atoms with Crippen molar-refractivity contribution in [2.75, 3.05) is 5.32 Å². The van der Waals surface area contributed by atoms with Gasteiger partial charge >= 0.3 is 0 Å². The molecule has 1 N–H and O–H groups in total. The van der Waals surface area contributed by atoms with Gasteiger partial charge in [0.05, 0.1) is 11.1 Å². The number of anilines is 1. The molecule has 0 aliphatic heterocycles. The minimum absolute atomic E-state index is 0.264. The van der Waals surface area contributed by atoms with Gasteiger partial charge in [0.15, 0.2) is 0 Å². The summed E-state index contributed by atoms with van der Waals surface area (Å²) in [6.07, 6.45) is 2.86. The van der Waals surface area contributed by atoms with Gasteiger partial charge in [0.25, 0.3) is 5.91 Å². The van der Waals surface area contributed by atoms with Gasteiger partial charge in [-0.1, -0.05) is 22.0 Å². The summed E-state index contributed by atoms with van der Waals surface area (Å²) in [6, 6.07) is 10.7. The normalized spacial score (nSPS) is 9.56. The average Bonchev–Trinajstić information content (AvgIpc) is 2.38. The average molecular weight is 302 g/mol. The minimum Gasteiger partial charge on any atom is -0.322 e. The van der Waals surface area contributed by atoms with E-state index in [1.807, 2.05) is 18.2 Å². The van der Waals surface area contributed by atoms with Gasteiger partial charge < -0.3 is 5.32 Å². The number of aromatic nitrogens is 1. The van der Waals surface area contributed by atoms with Crippen molar-refractivity contribution in [3.63, 3.8) is 0 Å². The van der Waals surface area contributed by atoms with Crippen molar-refractivity contribution in [1.82, 2.24) is 4.98 Å². The highest BCUT2D eigenvalue weighted by molar-refractivity contribution is 9.10. The van der Waals surface area contributed by atoms with E-state index in [4.69, 9.17) is 5.26 Å².